The molecule has 0 spiro atoms. The number of aromatic nitrogens is 5. The van der Waals surface area contributed by atoms with Gasteiger partial charge in [0.25, 0.3) is 5.91 Å². The summed E-state index contributed by atoms with van der Waals surface area (Å²) in [6.07, 6.45) is 7.98. The SMILES string of the molecule is CNc1cc(N2CCc3c(-c4cnc(C=O)cn4)cccc32)nn2c(C(=O)N[C@@H]3CC[C@H]3OC)cnc12. The van der Waals surface area contributed by atoms with Crippen molar-refractivity contribution in [3.8, 4) is 11.3 Å². The van der Waals surface area contributed by atoms with Gasteiger partial charge >= 0.3 is 0 Å². The summed E-state index contributed by atoms with van der Waals surface area (Å²) in [7, 11) is 3.49. The first-order valence-corrected chi connectivity index (χ1v) is 12.2. The summed E-state index contributed by atoms with van der Waals surface area (Å²) in [6, 6.07) is 7.96. The summed E-state index contributed by atoms with van der Waals surface area (Å²) in [5.41, 5.74) is 5.82. The third-order valence-electron chi connectivity index (χ3n) is 7.16. The fourth-order valence-electron chi connectivity index (χ4n) is 5.04. The van der Waals surface area contributed by atoms with E-state index in [1.165, 1.54) is 6.20 Å². The molecule has 0 saturated heterocycles. The van der Waals surface area contributed by atoms with E-state index in [2.05, 4.69) is 30.5 Å². The highest BCUT2D eigenvalue weighted by Crippen LogP contribution is 2.39. The summed E-state index contributed by atoms with van der Waals surface area (Å²) in [6.45, 7) is 0.710. The van der Waals surface area contributed by atoms with E-state index >= 15 is 0 Å². The van der Waals surface area contributed by atoms with Crippen LogP contribution in [-0.4, -0.2) is 69.6 Å². The van der Waals surface area contributed by atoms with E-state index in [0.717, 1.165) is 41.8 Å². The molecule has 1 saturated carbocycles. The van der Waals surface area contributed by atoms with Crippen LogP contribution in [0.5, 0.6) is 0 Å². The zero-order valence-electron chi connectivity index (χ0n) is 20.5. The average Bonchev–Trinajstić information content (AvgIpc) is 3.55. The number of imidazole rings is 1. The molecule has 1 aliphatic carbocycles. The van der Waals surface area contributed by atoms with E-state index in [-0.39, 0.29) is 18.1 Å². The van der Waals surface area contributed by atoms with Crippen molar-refractivity contribution in [3.05, 3.63) is 59.8 Å². The van der Waals surface area contributed by atoms with Gasteiger partial charge in [0.2, 0.25) is 0 Å². The number of methoxy groups -OCH3 is 1. The molecule has 0 bridgehead atoms. The number of hydrogen-bond donors (Lipinski definition) is 2. The maximum atomic E-state index is 13.1. The second kappa shape index (κ2) is 9.25. The van der Waals surface area contributed by atoms with Crippen molar-refractivity contribution >= 4 is 35.0 Å². The molecule has 4 heterocycles. The number of benzene rings is 1. The molecular weight excluding hydrogens is 472 g/mol. The molecule has 3 aromatic heterocycles. The molecule has 0 unspecified atom stereocenters. The monoisotopic (exact) mass is 498 g/mol. The number of rotatable bonds is 7. The number of amides is 1. The Morgan fingerprint density at radius 3 is 2.76 bits per heavy atom. The second-order valence-corrected chi connectivity index (χ2v) is 9.13. The minimum atomic E-state index is -0.229. The molecule has 0 radical (unpaired) electrons. The molecule has 2 N–H and O–H groups in total. The van der Waals surface area contributed by atoms with Gasteiger partial charge in [0.05, 0.1) is 42.1 Å². The number of anilines is 3. The Bertz CT molecular complexity index is 1500. The number of nitrogens with one attached hydrogen (secondary N) is 2. The van der Waals surface area contributed by atoms with Crippen molar-refractivity contribution in [1.82, 2.24) is 29.9 Å². The molecule has 2 aliphatic rings. The van der Waals surface area contributed by atoms with E-state index in [9.17, 15) is 9.59 Å². The van der Waals surface area contributed by atoms with Gasteiger partial charge in [-0.1, -0.05) is 12.1 Å². The van der Waals surface area contributed by atoms with Crippen molar-refractivity contribution in [2.45, 2.75) is 31.4 Å². The molecule has 4 aromatic rings. The van der Waals surface area contributed by atoms with E-state index in [1.807, 2.05) is 31.3 Å². The molecule has 1 amide bonds. The topological polar surface area (TPSA) is 127 Å². The number of nitrogens with zero attached hydrogens (tertiary/aromatic N) is 6. The Kier molecular flexibility index (Phi) is 5.76. The van der Waals surface area contributed by atoms with Crippen LogP contribution in [0.25, 0.3) is 16.9 Å². The van der Waals surface area contributed by atoms with E-state index in [4.69, 9.17) is 9.84 Å². The van der Waals surface area contributed by atoms with Crippen LogP contribution in [0, 0.1) is 0 Å². The molecule has 1 aromatic carbocycles. The van der Waals surface area contributed by atoms with Crippen LogP contribution in [0.4, 0.5) is 17.2 Å². The van der Waals surface area contributed by atoms with Crippen LogP contribution in [0.2, 0.25) is 0 Å². The zero-order valence-corrected chi connectivity index (χ0v) is 20.5. The van der Waals surface area contributed by atoms with Gasteiger partial charge in [-0.3, -0.25) is 14.6 Å². The molecule has 6 rings (SSSR count). The van der Waals surface area contributed by atoms with E-state index in [1.54, 1.807) is 24.0 Å². The number of aldehydes is 1. The van der Waals surface area contributed by atoms with Crippen LogP contribution in [0.3, 0.4) is 0 Å². The van der Waals surface area contributed by atoms with Crippen LogP contribution in [0.1, 0.15) is 39.4 Å². The Morgan fingerprint density at radius 1 is 1.16 bits per heavy atom. The zero-order chi connectivity index (χ0) is 25.5. The standard InChI is InChI=1S/C26H26N8O3/c1-27-19-10-24(32-34-22(13-30-25(19)34)26(36)31-18-6-7-23(18)37-2)33-9-8-17-16(4-3-5-21(17)33)20-12-28-15(14-35)11-29-20/h3-5,10-14,18,23,27H,6-9H2,1-2H3,(H,31,36)/t18-,23-/m1/s1. The molecule has 11 heteroatoms. The maximum absolute atomic E-state index is 13.1. The highest BCUT2D eigenvalue weighted by molar-refractivity contribution is 5.94. The predicted octanol–water partition coefficient (Wildman–Crippen LogP) is 2.64. The lowest BCUT2D eigenvalue weighted by atomic mass is 9.89. The lowest BCUT2D eigenvalue weighted by Gasteiger charge is -2.35. The Morgan fingerprint density at radius 2 is 2.05 bits per heavy atom. The number of hydrogen-bond acceptors (Lipinski definition) is 9. The first kappa shape index (κ1) is 23.0. The number of carbonyl (C=O) groups excluding carboxylic acids is 2. The Labute approximate surface area is 212 Å². The van der Waals surface area contributed by atoms with Gasteiger partial charge in [-0.25, -0.2) is 14.5 Å². The second-order valence-electron chi connectivity index (χ2n) is 9.13. The van der Waals surface area contributed by atoms with Crippen molar-refractivity contribution in [2.24, 2.45) is 0 Å². The first-order valence-electron chi connectivity index (χ1n) is 12.2. The Hall–Kier alpha value is -4.38. The minimum Gasteiger partial charge on any atom is -0.385 e. The normalized spacial score (nSPS) is 18.4. The first-order chi connectivity index (χ1) is 18.1. The van der Waals surface area contributed by atoms with Crippen molar-refractivity contribution < 1.29 is 14.3 Å². The van der Waals surface area contributed by atoms with E-state index < -0.39 is 0 Å². The van der Waals surface area contributed by atoms with Gasteiger partial charge in [0.15, 0.2) is 23.4 Å². The van der Waals surface area contributed by atoms with Gasteiger partial charge in [-0.2, -0.15) is 0 Å². The van der Waals surface area contributed by atoms with Crippen molar-refractivity contribution in [3.63, 3.8) is 0 Å². The summed E-state index contributed by atoms with van der Waals surface area (Å²) in [5, 5.41) is 11.1. The fourth-order valence-corrected chi connectivity index (χ4v) is 5.04. The molecule has 2 atom stereocenters. The molecule has 1 fully saturated rings. The van der Waals surface area contributed by atoms with Crippen LogP contribution in [0.15, 0.2) is 42.9 Å². The van der Waals surface area contributed by atoms with E-state index in [0.29, 0.717) is 41.4 Å². The summed E-state index contributed by atoms with van der Waals surface area (Å²) >= 11 is 0. The van der Waals surface area contributed by atoms with Crippen LogP contribution >= 0.6 is 0 Å². The Balaban J connectivity index is 1.37. The highest BCUT2D eigenvalue weighted by atomic mass is 16.5. The number of carbonyl (C=O) groups is 2. The average molecular weight is 499 g/mol. The molecule has 11 nitrogen and oxygen atoms in total. The predicted molar refractivity (Wildman–Crippen MR) is 137 cm³/mol. The molecule has 1 aliphatic heterocycles. The lowest BCUT2D eigenvalue weighted by Crippen LogP contribution is -2.51. The third kappa shape index (κ3) is 3.87. The summed E-state index contributed by atoms with van der Waals surface area (Å²) in [5.74, 6) is 0.466. The van der Waals surface area contributed by atoms with Crippen molar-refractivity contribution in [1.29, 1.82) is 0 Å². The maximum Gasteiger partial charge on any atom is 0.271 e. The summed E-state index contributed by atoms with van der Waals surface area (Å²) in [4.78, 5) is 39.3. The van der Waals surface area contributed by atoms with Gasteiger partial charge < -0.3 is 20.3 Å². The summed E-state index contributed by atoms with van der Waals surface area (Å²) < 4.78 is 7.02. The third-order valence-corrected chi connectivity index (χ3v) is 7.16. The van der Waals surface area contributed by atoms with Crippen molar-refractivity contribution in [2.75, 3.05) is 30.9 Å². The van der Waals surface area contributed by atoms with Crippen LogP contribution < -0.4 is 15.5 Å². The quantitative estimate of drug-likeness (QED) is 0.370. The van der Waals surface area contributed by atoms with Gasteiger partial charge in [-0.15, -0.1) is 5.10 Å². The molecule has 37 heavy (non-hydrogen) atoms. The number of ether oxygens (including phenoxy) is 1. The van der Waals surface area contributed by atoms with Gasteiger partial charge in [-0.05, 0) is 30.9 Å². The van der Waals surface area contributed by atoms with Gasteiger partial charge in [0, 0.05) is 38.0 Å². The fraction of sp³-hybridized carbons (Fsp3) is 0.308. The molecular formula is C26H26N8O3. The van der Waals surface area contributed by atoms with Gasteiger partial charge in [0.1, 0.15) is 5.69 Å². The highest BCUT2D eigenvalue weighted by Gasteiger charge is 2.33. The number of fused-ring (bicyclic) bond motifs is 2. The lowest BCUT2D eigenvalue weighted by molar-refractivity contribution is 0.00718. The smallest absolute Gasteiger partial charge is 0.271 e. The molecule has 188 valence electrons. The van der Waals surface area contributed by atoms with Crippen LogP contribution in [-0.2, 0) is 11.2 Å². The minimum absolute atomic E-state index is 0.0115. The largest absolute Gasteiger partial charge is 0.385 e.